The molecule has 0 aliphatic carbocycles. The molecule has 0 saturated carbocycles. The molecule has 2 heterocycles. The number of carboxylic acids is 2. The first-order chi connectivity index (χ1) is 12.0. The Morgan fingerprint density at radius 3 is 2.60 bits per heavy atom. The third-order valence-electron chi connectivity index (χ3n) is 4.38. The number of aliphatic carboxylic acids is 2. The van der Waals surface area contributed by atoms with Gasteiger partial charge in [-0.15, -0.1) is 0 Å². The molecule has 1 unspecified atom stereocenters. The molecule has 0 bridgehead atoms. The van der Waals surface area contributed by atoms with Crippen molar-refractivity contribution in [1.82, 2.24) is 9.47 Å². The molecule has 2 aromatic rings. The molecule has 0 spiro atoms. The zero-order valence-electron chi connectivity index (χ0n) is 13.5. The lowest BCUT2D eigenvalue weighted by Crippen LogP contribution is -2.39. The van der Waals surface area contributed by atoms with E-state index in [0.29, 0.717) is 29.6 Å². The van der Waals surface area contributed by atoms with E-state index in [0.717, 1.165) is 11.5 Å². The summed E-state index contributed by atoms with van der Waals surface area (Å²) in [5, 5.41) is 19.4. The van der Waals surface area contributed by atoms with Crippen LogP contribution in [0, 0.1) is 5.82 Å². The van der Waals surface area contributed by atoms with Crippen LogP contribution in [-0.4, -0.2) is 56.2 Å². The van der Waals surface area contributed by atoms with E-state index >= 15 is 0 Å². The summed E-state index contributed by atoms with van der Waals surface area (Å²) in [4.78, 5) is 24.8. The fourth-order valence-corrected chi connectivity index (χ4v) is 4.17. The van der Waals surface area contributed by atoms with Gasteiger partial charge in [0.1, 0.15) is 11.9 Å². The van der Waals surface area contributed by atoms with Crippen LogP contribution in [0.3, 0.4) is 0 Å². The number of hydrogen-bond donors (Lipinski definition) is 2. The predicted molar refractivity (Wildman–Crippen MR) is 93.4 cm³/mol. The number of nitrogens with zero attached hydrogens (tertiary/aromatic N) is 2. The van der Waals surface area contributed by atoms with Crippen molar-refractivity contribution in [1.29, 1.82) is 0 Å². The monoisotopic (exact) mass is 366 g/mol. The minimum atomic E-state index is -0.956. The highest BCUT2D eigenvalue weighted by Crippen LogP contribution is 2.32. The Morgan fingerprint density at radius 1 is 1.24 bits per heavy atom. The van der Waals surface area contributed by atoms with Crippen molar-refractivity contribution >= 4 is 34.6 Å². The molecule has 0 radical (unpaired) electrons. The van der Waals surface area contributed by atoms with Crippen molar-refractivity contribution in [3.63, 3.8) is 0 Å². The third-order valence-corrected chi connectivity index (χ3v) is 5.32. The Hall–Kier alpha value is -2.06. The lowest BCUT2D eigenvalue weighted by molar-refractivity contribution is -0.143. The zero-order chi connectivity index (χ0) is 18.0. The standard InChI is InChI=1S/C17H19FN2O4S/c18-11-1-2-12-13(10-20(14(12)9-11)4-3-15(21)22)16(17(23)24)19-5-7-25-8-6-19/h1-2,9-10,16H,3-8H2,(H,21,22)(H,23,24). The topological polar surface area (TPSA) is 82.8 Å². The average Bonchev–Trinajstić information content (AvgIpc) is 2.91. The summed E-state index contributed by atoms with van der Waals surface area (Å²) in [6.07, 6.45) is 1.55. The number of aromatic nitrogens is 1. The molecule has 1 saturated heterocycles. The molecule has 1 aromatic heterocycles. The van der Waals surface area contributed by atoms with Crippen LogP contribution in [0.15, 0.2) is 24.4 Å². The van der Waals surface area contributed by atoms with Crippen molar-refractivity contribution in [3.8, 4) is 0 Å². The van der Waals surface area contributed by atoms with Crippen molar-refractivity contribution < 1.29 is 24.2 Å². The van der Waals surface area contributed by atoms with Gasteiger partial charge in [0, 0.05) is 48.3 Å². The largest absolute Gasteiger partial charge is 0.481 e. The molecule has 1 aliphatic heterocycles. The highest BCUT2D eigenvalue weighted by Gasteiger charge is 2.31. The lowest BCUT2D eigenvalue weighted by atomic mass is 10.0. The molecule has 0 amide bonds. The van der Waals surface area contributed by atoms with Crippen molar-refractivity contribution in [2.24, 2.45) is 0 Å². The average molecular weight is 366 g/mol. The van der Waals surface area contributed by atoms with E-state index in [4.69, 9.17) is 5.11 Å². The molecular formula is C17H19FN2O4S. The Balaban J connectivity index is 2.06. The third kappa shape index (κ3) is 3.80. The summed E-state index contributed by atoms with van der Waals surface area (Å²) in [5.41, 5.74) is 1.11. The minimum Gasteiger partial charge on any atom is -0.481 e. The van der Waals surface area contributed by atoms with E-state index in [9.17, 15) is 19.1 Å². The molecule has 6 nitrogen and oxygen atoms in total. The van der Waals surface area contributed by atoms with Crippen LogP contribution in [0.1, 0.15) is 18.0 Å². The number of halogens is 1. The van der Waals surface area contributed by atoms with E-state index in [1.54, 1.807) is 28.6 Å². The van der Waals surface area contributed by atoms with Gasteiger partial charge >= 0.3 is 11.9 Å². The smallest absolute Gasteiger partial charge is 0.325 e. The van der Waals surface area contributed by atoms with E-state index in [1.807, 2.05) is 4.90 Å². The van der Waals surface area contributed by atoms with Crippen LogP contribution in [0.25, 0.3) is 10.9 Å². The van der Waals surface area contributed by atoms with Crippen molar-refractivity contribution in [2.45, 2.75) is 19.0 Å². The van der Waals surface area contributed by atoms with Gasteiger partial charge < -0.3 is 14.8 Å². The predicted octanol–water partition coefficient (Wildman–Crippen LogP) is 2.43. The van der Waals surface area contributed by atoms with Gasteiger partial charge in [-0.3, -0.25) is 14.5 Å². The summed E-state index contributed by atoms with van der Waals surface area (Å²) in [6, 6.07) is 3.38. The van der Waals surface area contributed by atoms with E-state index in [2.05, 4.69) is 0 Å². The summed E-state index contributed by atoms with van der Waals surface area (Å²) in [6.45, 7) is 1.51. The van der Waals surface area contributed by atoms with E-state index in [-0.39, 0.29) is 13.0 Å². The van der Waals surface area contributed by atoms with Gasteiger partial charge in [-0.05, 0) is 18.2 Å². The second-order valence-corrected chi connectivity index (χ2v) is 7.20. The first kappa shape index (κ1) is 17.8. The van der Waals surface area contributed by atoms with E-state index < -0.39 is 23.8 Å². The molecule has 1 fully saturated rings. The number of carboxylic acid groups (broad SMARTS) is 2. The van der Waals surface area contributed by atoms with Gasteiger partial charge in [-0.1, -0.05) is 0 Å². The highest BCUT2D eigenvalue weighted by molar-refractivity contribution is 7.99. The molecule has 134 valence electrons. The fraction of sp³-hybridized carbons (Fsp3) is 0.412. The summed E-state index contributed by atoms with van der Waals surface area (Å²) in [7, 11) is 0. The molecule has 1 atom stereocenters. The Morgan fingerprint density at radius 2 is 1.96 bits per heavy atom. The van der Waals surface area contributed by atoms with Crippen LogP contribution in [0.2, 0.25) is 0 Å². The van der Waals surface area contributed by atoms with Gasteiger partial charge in [0.2, 0.25) is 0 Å². The molecule has 8 heteroatoms. The van der Waals surface area contributed by atoms with Crippen LogP contribution < -0.4 is 0 Å². The molecule has 1 aliphatic rings. The fourth-order valence-electron chi connectivity index (χ4n) is 3.23. The maximum Gasteiger partial charge on any atom is 0.325 e. The lowest BCUT2D eigenvalue weighted by Gasteiger charge is -2.31. The minimum absolute atomic E-state index is 0.113. The highest BCUT2D eigenvalue weighted by atomic mass is 32.2. The Kier molecular flexibility index (Phi) is 5.29. The molecule has 25 heavy (non-hydrogen) atoms. The molecule has 2 N–H and O–H groups in total. The van der Waals surface area contributed by atoms with Crippen LogP contribution in [-0.2, 0) is 16.1 Å². The number of benzene rings is 1. The number of rotatable bonds is 6. The molecular weight excluding hydrogens is 347 g/mol. The summed E-state index contributed by atoms with van der Waals surface area (Å²) >= 11 is 1.79. The van der Waals surface area contributed by atoms with Gasteiger partial charge in [-0.25, -0.2) is 4.39 Å². The van der Waals surface area contributed by atoms with E-state index in [1.165, 1.54) is 12.1 Å². The van der Waals surface area contributed by atoms with Gasteiger partial charge in [0.15, 0.2) is 0 Å². The normalized spacial score (nSPS) is 16.8. The second-order valence-electron chi connectivity index (χ2n) is 5.97. The Labute approximate surface area is 148 Å². The van der Waals surface area contributed by atoms with Gasteiger partial charge in [0.05, 0.1) is 11.9 Å². The number of hydrogen-bond acceptors (Lipinski definition) is 4. The van der Waals surface area contributed by atoms with Gasteiger partial charge in [-0.2, -0.15) is 11.8 Å². The van der Waals surface area contributed by atoms with Crippen molar-refractivity contribution in [2.75, 3.05) is 24.6 Å². The Bertz CT molecular complexity index is 801. The number of aryl methyl sites for hydroxylation is 1. The second kappa shape index (κ2) is 7.45. The zero-order valence-corrected chi connectivity index (χ0v) is 14.3. The number of carbonyl (C=O) groups is 2. The maximum atomic E-state index is 13.7. The van der Waals surface area contributed by atoms with Crippen molar-refractivity contribution in [3.05, 3.63) is 35.8 Å². The van der Waals surface area contributed by atoms with Crippen LogP contribution in [0.4, 0.5) is 4.39 Å². The number of fused-ring (bicyclic) bond motifs is 1. The first-order valence-corrected chi connectivity index (χ1v) is 9.17. The SMILES string of the molecule is O=C(O)CCn1cc(C(C(=O)O)N2CCSCC2)c2ccc(F)cc21. The first-order valence-electron chi connectivity index (χ1n) is 8.02. The number of thioether (sulfide) groups is 1. The molecule has 1 aromatic carbocycles. The van der Waals surface area contributed by atoms with Crippen LogP contribution in [0.5, 0.6) is 0 Å². The summed E-state index contributed by atoms with van der Waals surface area (Å²) in [5.74, 6) is -0.599. The van der Waals surface area contributed by atoms with Gasteiger partial charge in [0.25, 0.3) is 0 Å². The maximum absolute atomic E-state index is 13.7. The molecule has 3 rings (SSSR count). The van der Waals surface area contributed by atoms with Crippen LogP contribution >= 0.6 is 11.8 Å². The summed E-state index contributed by atoms with van der Waals surface area (Å²) < 4.78 is 15.3. The quantitative estimate of drug-likeness (QED) is 0.817.